The average Bonchev–Trinajstić information content (AvgIpc) is 3.75. The minimum Gasteiger partial charge on any atom is -0.508 e. The highest BCUT2D eigenvalue weighted by Gasteiger charge is 2.42. The normalized spacial score (nSPS) is 26.0. The SMILES string of the molecule is Cc1ccc(CN2CC[C@@H](N3CC[C@@H](c4ccc(O)cc4)[C@H](F)C3)C2=O)cc1.Cc1ccc(CN2CC[C@H](N3CC[C@@H](c4ccc(O)cc4)[C@H](F)C3)C2=O)cc1. The lowest BCUT2D eigenvalue weighted by atomic mass is 9.87. The fraction of sp³-hybridized carbons (Fsp3) is 0.435. The molecule has 6 atom stereocenters. The van der Waals surface area contributed by atoms with Crippen molar-refractivity contribution < 1.29 is 28.6 Å². The van der Waals surface area contributed by atoms with Crippen LogP contribution in [0.1, 0.15) is 70.9 Å². The number of hydrogen-bond acceptors (Lipinski definition) is 6. The summed E-state index contributed by atoms with van der Waals surface area (Å²) in [6, 6.07) is 29.7. The molecule has 4 aliphatic rings. The van der Waals surface area contributed by atoms with Crippen molar-refractivity contribution in [2.45, 2.75) is 88.9 Å². The van der Waals surface area contributed by atoms with Crippen LogP contribution in [0.5, 0.6) is 11.5 Å². The summed E-state index contributed by atoms with van der Waals surface area (Å²) in [4.78, 5) is 33.7. The summed E-state index contributed by atoms with van der Waals surface area (Å²) in [5.74, 6) is 0.296. The predicted octanol–water partition coefficient (Wildman–Crippen LogP) is 7.26. The number of nitrogens with zero attached hydrogens (tertiary/aromatic N) is 4. The number of aromatic hydroxyl groups is 2. The summed E-state index contributed by atoms with van der Waals surface area (Å²) >= 11 is 0. The van der Waals surface area contributed by atoms with Crippen molar-refractivity contribution in [3.8, 4) is 11.5 Å². The lowest BCUT2D eigenvalue weighted by Gasteiger charge is -2.37. The van der Waals surface area contributed by atoms with Gasteiger partial charge >= 0.3 is 0 Å². The lowest BCUT2D eigenvalue weighted by molar-refractivity contribution is -0.134. The molecule has 0 unspecified atom stereocenters. The van der Waals surface area contributed by atoms with E-state index in [1.54, 1.807) is 48.5 Å². The minimum atomic E-state index is -1.00. The number of aryl methyl sites for hydroxylation is 2. The Hall–Kier alpha value is -4.80. The number of carbonyl (C=O) groups excluding carboxylic acids is 2. The molecule has 0 bridgehead atoms. The molecule has 10 heteroatoms. The summed E-state index contributed by atoms with van der Waals surface area (Å²) in [5.41, 5.74) is 6.52. The largest absolute Gasteiger partial charge is 0.508 e. The van der Waals surface area contributed by atoms with Gasteiger partial charge in [-0.15, -0.1) is 0 Å². The van der Waals surface area contributed by atoms with Crippen LogP contribution >= 0.6 is 0 Å². The lowest BCUT2D eigenvalue weighted by Crippen LogP contribution is -2.49. The van der Waals surface area contributed by atoms with Gasteiger partial charge in [-0.05, 0) is 99.1 Å². The van der Waals surface area contributed by atoms with E-state index in [1.165, 1.54) is 11.1 Å². The highest BCUT2D eigenvalue weighted by atomic mass is 19.1. The summed E-state index contributed by atoms with van der Waals surface area (Å²) in [6.07, 6.45) is 0.902. The third kappa shape index (κ3) is 9.24. The Bertz CT molecular complexity index is 1780. The third-order valence-corrected chi connectivity index (χ3v) is 12.2. The van der Waals surface area contributed by atoms with Gasteiger partial charge in [0.2, 0.25) is 11.8 Å². The van der Waals surface area contributed by atoms with Crippen LogP contribution < -0.4 is 0 Å². The monoisotopic (exact) mass is 764 g/mol. The van der Waals surface area contributed by atoms with Gasteiger partial charge in [0.1, 0.15) is 23.8 Å². The van der Waals surface area contributed by atoms with Crippen LogP contribution in [0.2, 0.25) is 0 Å². The van der Waals surface area contributed by atoms with E-state index in [0.29, 0.717) is 39.0 Å². The van der Waals surface area contributed by atoms with E-state index in [0.717, 1.165) is 61.3 Å². The smallest absolute Gasteiger partial charge is 0.240 e. The van der Waals surface area contributed by atoms with Crippen LogP contribution in [0.15, 0.2) is 97.1 Å². The average molecular weight is 765 g/mol. The van der Waals surface area contributed by atoms with E-state index < -0.39 is 12.3 Å². The van der Waals surface area contributed by atoms with Gasteiger partial charge < -0.3 is 20.0 Å². The molecule has 4 aromatic carbocycles. The molecule has 4 aromatic rings. The molecule has 296 valence electrons. The van der Waals surface area contributed by atoms with Gasteiger partial charge in [0.05, 0.1) is 12.1 Å². The van der Waals surface area contributed by atoms with Gasteiger partial charge in [-0.3, -0.25) is 19.4 Å². The number of benzene rings is 4. The molecule has 4 saturated heterocycles. The first-order valence-electron chi connectivity index (χ1n) is 20.0. The van der Waals surface area contributed by atoms with Gasteiger partial charge in [0.15, 0.2) is 0 Å². The molecule has 0 radical (unpaired) electrons. The molecule has 8 nitrogen and oxygen atoms in total. The molecule has 2 amide bonds. The van der Waals surface area contributed by atoms with Crippen LogP contribution in [0.4, 0.5) is 8.78 Å². The number of amides is 2. The van der Waals surface area contributed by atoms with Crippen LogP contribution in [0.25, 0.3) is 0 Å². The number of carbonyl (C=O) groups is 2. The number of likely N-dealkylation sites (tertiary alicyclic amines) is 4. The quantitative estimate of drug-likeness (QED) is 0.197. The number of phenolic OH excluding ortho intramolecular Hbond substituents is 2. The minimum absolute atomic E-state index is 0.121. The van der Waals surface area contributed by atoms with Crippen LogP contribution in [0, 0.1) is 13.8 Å². The second-order valence-corrected chi connectivity index (χ2v) is 16.1. The van der Waals surface area contributed by atoms with Crippen molar-refractivity contribution in [2.24, 2.45) is 0 Å². The fourth-order valence-electron chi connectivity index (χ4n) is 8.88. The molecule has 4 fully saturated rings. The number of alkyl halides is 2. The van der Waals surface area contributed by atoms with Gasteiger partial charge in [0.25, 0.3) is 0 Å². The van der Waals surface area contributed by atoms with E-state index in [1.807, 2.05) is 19.6 Å². The number of hydrogen-bond donors (Lipinski definition) is 2. The number of piperidine rings is 2. The van der Waals surface area contributed by atoms with Gasteiger partial charge in [-0.2, -0.15) is 0 Å². The van der Waals surface area contributed by atoms with Gasteiger partial charge in [-0.1, -0.05) is 83.9 Å². The third-order valence-electron chi connectivity index (χ3n) is 12.2. The standard InChI is InChI=1S/2C23H27FN2O2/c2*1-16-2-4-17(5-3-16)14-26-13-11-22(23(26)28)25-12-10-20(21(24)15-25)18-6-8-19(27)9-7-18/h2*2-9,20-22,27H,10-15H2,1H3/t20-,21+,22+;20-,21+,22-/m00/s1. The zero-order chi connectivity index (χ0) is 39.3. The van der Waals surface area contributed by atoms with Gasteiger partial charge in [0, 0.05) is 51.1 Å². The van der Waals surface area contributed by atoms with E-state index in [-0.39, 0.29) is 47.2 Å². The Morgan fingerprint density at radius 2 is 0.875 bits per heavy atom. The molecule has 0 spiro atoms. The summed E-state index contributed by atoms with van der Waals surface area (Å²) in [6.45, 7) is 8.84. The molecule has 0 saturated carbocycles. The molecular formula is C46H54F2N4O4. The Morgan fingerprint density at radius 3 is 1.21 bits per heavy atom. The van der Waals surface area contributed by atoms with E-state index in [2.05, 4.69) is 62.4 Å². The van der Waals surface area contributed by atoms with E-state index in [4.69, 9.17) is 0 Å². The highest BCUT2D eigenvalue weighted by Crippen LogP contribution is 2.35. The first-order valence-corrected chi connectivity index (χ1v) is 20.0. The second-order valence-electron chi connectivity index (χ2n) is 16.1. The van der Waals surface area contributed by atoms with Crippen LogP contribution in [-0.2, 0) is 22.7 Å². The molecule has 0 aromatic heterocycles. The zero-order valence-electron chi connectivity index (χ0n) is 32.4. The maximum absolute atomic E-state index is 14.9. The molecule has 4 heterocycles. The van der Waals surface area contributed by atoms with Crippen molar-refractivity contribution in [3.63, 3.8) is 0 Å². The van der Waals surface area contributed by atoms with Crippen molar-refractivity contribution >= 4 is 11.8 Å². The molecule has 2 N–H and O–H groups in total. The van der Waals surface area contributed by atoms with Crippen LogP contribution in [0.3, 0.4) is 0 Å². The van der Waals surface area contributed by atoms with E-state index in [9.17, 15) is 28.6 Å². The van der Waals surface area contributed by atoms with E-state index >= 15 is 0 Å². The Balaban J connectivity index is 0.000000172. The second kappa shape index (κ2) is 17.6. The van der Waals surface area contributed by atoms with Crippen molar-refractivity contribution in [1.29, 1.82) is 0 Å². The first-order chi connectivity index (χ1) is 27.0. The summed E-state index contributed by atoms with van der Waals surface area (Å²) in [7, 11) is 0. The molecule has 0 aliphatic carbocycles. The number of phenols is 2. The van der Waals surface area contributed by atoms with Crippen molar-refractivity contribution in [2.75, 3.05) is 39.3 Å². The predicted molar refractivity (Wildman–Crippen MR) is 214 cm³/mol. The van der Waals surface area contributed by atoms with Gasteiger partial charge in [-0.25, -0.2) is 8.78 Å². The Labute approximate surface area is 329 Å². The molecular weight excluding hydrogens is 711 g/mol. The van der Waals surface area contributed by atoms with Crippen LogP contribution in [-0.4, -0.2) is 105 Å². The molecule has 56 heavy (non-hydrogen) atoms. The molecule has 4 aliphatic heterocycles. The summed E-state index contributed by atoms with van der Waals surface area (Å²) in [5, 5.41) is 18.9. The summed E-state index contributed by atoms with van der Waals surface area (Å²) < 4.78 is 29.8. The Kier molecular flexibility index (Phi) is 12.4. The first kappa shape index (κ1) is 39.4. The molecule has 8 rings (SSSR count). The fourth-order valence-corrected chi connectivity index (χ4v) is 8.88. The maximum Gasteiger partial charge on any atom is 0.240 e. The van der Waals surface area contributed by atoms with Crippen molar-refractivity contribution in [3.05, 3.63) is 130 Å². The Morgan fingerprint density at radius 1 is 0.518 bits per heavy atom. The number of halogens is 2. The zero-order valence-corrected chi connectivity index (χ0v) is 32.4. The topological polar surface area (TPSA) is 87.6 Å². The van der Waals surface area contributed by atoms with Crippen molar-refractivity contribution in [1.82, 2.24) is 19.6 Å². The number of rotatable bonds is 8. The highest BCUT2D eigenvalue weighted by molar-refractivity contribution is 5.84. The maximum atomic E-state index is 14.9.